The fourth-order valence-corrected chi connectivity index (χ4v) is 2.35. The van der Waals surface area contributed by atoms with Gasteiger partial charge in [-0.1, -0.05) is 57.2 Å². The lowest BCUT2D eigenvalue weighted by Crippen LogP contribution is -2.10. The van der Waals surface area contributed by atoms with Gasteiger partial charge in [0.05, 0.1) is 26.4 Å². The van der Waals surface area contributed by atoms with Crippen LogP contribution in [0.1, 0.15) is 11.1 Å². The summed E-state index contributed by atoms with van der Waals surface area (Å²) in [6, 6.07) is 3.81. The molecule has 0 aromatic heterocycles. The first kappa shape index (κ1) is 21.2. The van der Waals surface area contributed by atoms with Crippen LogP contribution in [-0.2, 0) is 9.47 Å². The number of hydrogen-bond donors (Lipinski definition) is 0. The first-order valence-electron chi connectivity index (χ1n) is 7.72. The van der Waals surface area contributed by atoms with Gasteiger partial charge < -0.3 is 18.9 Å². The van der Waals surface area contributed by atoms with Crippen LogP contribution in [0.3, 0.4) is 0 Å². The summed E-state index contributed by atoms with van der Waals surface area (Å²) >= 11 is 6.63. The van der Waals surface area contributed by atoms with Crippen molar-refractivity contribution in [1.82, 2.24) is 0 Å². The summed E-state index contributed by atoms with van der Waals surface area (Å²) < 4.78 is 22.3. The third-order valence-corrected chi connectivity index (χ3v) is 3.64. The van der Waals surface area contributed by atoms with Crippen molar-refractivity contribution in [2.45, 2.75) is 0 Å². The molecular formula is C18H24Br2O4. The summed E-state index contributed by atoms with van der Waals surface area (Å²) in [6.45, 7) is 11.0. The van der Waals surface area contributed by atoms with Gasteiger partial charge in [-0.2, -0.15) is 0 Å². The minimum Gasteiger partial charge on any atom is -0.491 e. The number of ether oxygens (including phenoxy) is 4. The van der Waals surface area contributed by atoms with Crippen LogP contribution >= 0.6 is 31.9 Å². The predicted molar refractivity (Wildman–Crippen MR) is 107 cm³/mol. The molecule has 0 radical (unpaired) electrons. The molecule has 0 heterocycles. The van der Waals surface area contributed by atoms with E-state index < -0.39 is 0 Å². The van der Waals surface area contributed by atoms with E-state index in [4.69, 9.17) is 18.9 Å². The number of hydrogen-bond acceptors (Lipinski definition) is 4. The molecular weight excluding hydrogens is 440 g/mol. The second-order valence-electron chi connectivity index (χ2n) is 4.64. The number of rotatable bonds is 14. The highest BCUT2D eigenvalue weighted by molar-refractivity contribution is 9.09. The average Bonchev–Trinajstić information content (AvgIpc) is 2.61. The summed E-state index contributed by atoms with van der Waals surface area (Å²) in [5.41, 5.74) is 1.75. The van der Waals surface area contributed by atoms with Crippen molar-refractivity contribution in [1.29, 1.82) is 0 Å². The van der Waals surface area contributed by atoms with Crippen LogP contribution in [-0.4, -0.2) is 50.3 Å². The quantitative estimate of drug-likeness (QED) is 0.299. The number of alkyl halides is 2. The van der Waals surface area contributed by atoms with Crippen molar-refractivity contribution in [3.8, 4) is 11.5 Å². The summed E-state index contributed by atoms with van der Waals surface area (Å²) in [6.07, 6.45) is 3.49. The third kappa shape index (κ3) is 7.83. The van der Waals surface area contributed by atoms with E-state index in [2.05, 4.69) is 45.0 Å². The van der Waals surface area contributed by atoms with Crippen LogP contribution in [0.25, 0.3) is 12.2 Å². The lowest BCUT2D eigenvalue weighted by atomic mass is 10.1. The molecule has 0 spiro atoms. The Bertz CT molecular complexity index is 460. The summed E-state index contributed by atoms with van der Waals surface area (Å²) in [4.78, 5) is 0. The Balaban J connectivity index is 2.66. The Kier molecular flexibility index (Phi) is 11.9. The van der Waals surface area contributed by atoms with Gasteiger partial charge in [-0.05, 0) is 12.1 Å². The standard InChI is InChI=1S/C18H24Br2O4/c1-3-15-13-18(24-12-10-22-8-6-20)16(4-2)14-17(15)23-11-9-21-7-5-19/h3-4,13-14H,1-2,5-12H2. The van der Waals surface area contributed by atoms with Crippen molar-refractivity contribution >= 4 is 44.0 Å². The maximum Gasteiger partial charge on any atom is 0.127 e. The second-order valence-corrected chi connectivity index (χ2v) is 6.22. The molecule has 0 saturated heterocycles. The van der Waals surface area contributed by atoms with Gasteiger partial charge in [0.1, 0.15) is 24.7 Å². The highest BCUT2D eigenvalue weighted by Gasteiger charge is 2.09. The van der Waals surface area contributed by atoms with Crippen molar-refractivity contribution in [3.05, 3.63) is 36.4 Å². The molecule has 24 heavy (non-hydrogen) atoms. The monoisotopic (exact) mass is 462 g/mol. The van der Waals surface area contributed by atoms with Crippen LogP contribution in [0.15, 0.2) is 25.3 Å². The number of benzene rings is 1. The lowest BCUT2D eigenvalue weighted by Gasteiger charge is -2.15. The normalized spacial score (nSPS) is 10.4. The predicted octanol–water partition coefficient (Wildman–Crippen LogP) is 4.55. The molecule has 0 bridgehead atoms. The molecule has 0 N–H and O–H groups in total. The van der Waals surface area contributed by atoms with Crippen molar-refractivity contribution in [2.75, 3.05) is 50.3 Å². The van der Waals surface area contributed by atoms with Crippen molar-refractivity contribution < 1.29 is 18.9 Å². The molecule has 0 amide bonds. The molecule has 6 heteroatoms. The summed E-state index contributed by atoms with van der Waals surface area (Å²) in [7, 11) is 0. The maximum atomic E-state index is 5.78. The van der Waals surface area contributed by atoms with E-state index in [9.17, 15) is 0 Å². The molecule has 134 valence electrons. The molecule has 0 unspecified atom stereocenters. The highest BCUT2D eigenvalue weighted by atomic mass is 79.9. The molecule has 0 fully saturated rings. The van der Waals surface area contributed by atoms with E-state index in [1.54, 1.807) is 12.2 Å². The fourth-order valence-electron chi connectivity index (χ4n) is 1.89. The molecule has 1 aromatic rings. The van der Waals surface area contributed by atoms with Gasteiger partial charge in [0, 0.05) is 21.8 Å². The fraction of sp³-hybridized carbons (Fsp3) is 0.444. The zero-order valence-corrected chi connectivity index (χ0v) is 16.9. The summed E-state index contributed by atoms with van der Waals surface area (Å²) in [5.74, 6) is 1.48. The summed E-state index contributed by atoms with van der Waals surface area (Å²) in [5, 5.41) is 1.63. The van der Waals surface area contributed by atoms with Gasteiger partial charge >= 0.3 is 0 Å². The van der Waals surface area contributed by atoms with Crippen LogP contribution < -0.4 is 9.47 Å². The zero-order valence-electron chi connectivity index (χ0n) is 13.8. The van der Waals surface area contributed by atoms with Gasteiger partial charge in [0.15, 0.2) is 0 Å². The van der Waals surface area contributed by atoms with Gasteiger partial charge in [0.25, 0.3) is 0 Å². The van der Waals surface area contributed by atoms with Gasteiger partial charge in [0.2, 0.25) is 0 Å². The molecule has 4 nitrogen and oxygen atoms in total. The van der Waals surface area contributed by atoms with Crippen LogP contribution in [0, 0.1) is 0 Å². The molecule has 0 aliphatic rings. The van der Waals surface area contributed by atoms with E-state index in [0.29, 0.717) is 39.6 Å². The van der Waals surface area contributed by atoms with E-state index in [1.165, 1.54) is 0 Å². The maximum absolute atomic E-state index is 5.78. The van der Waals surface area contributed by atoms with E-state index in [1.807, 2.05) is 12.1 Å². The molecule has 0 aliphatic heterocycles. The number of halogens is 2. The van der Waals surface area contributed by atoms with Crippen LogP contribution in [0.2, 0.25) is 0 Å². The minimum absolute atomic E-state index is 0.477. The highest BCUT2D eigenvalue weighted by Crippen LogP contribution is 2.30. The SMILES string of the molecule is C=Cc1cc(OCCOCCBr)c(C=C)cc1OCCOCCBr. The Morgan fingerprint density at radius 2 is 1.12 bits per heavy atom. The Hall–Kier alpha value is -0.820. The Morgan fingerprint density at radius 3 is 1.46 bits per heavy atom. The smallest absolute Gasteiger partial charge is 0.127 e. The van der Waals surface area contributed by atoms with Crippen molar-refractivity contribution in [3.63, 3.8) is 0 Å². The molecule has 0 atom stereocenters. The first-order valence-corrected chi connectivity index (χ1v) is 9.97. The largest absolute Gasteiger partial charge is 0.491 e. The average molecular weight is 464 g/mol. The zero-order chi connectivity index (χ0) is 17.6. The molecule has 0 saturated carbocycles. The van der Waals surface area contributed by atoms with Crippen LogP contribution in [0.5, 0.6) is 11.5 Å². The first-order chi connectivity index (χ1) is 11.8. The Labute approximate surface area is 161 Å². The van der Waals surface area contributed by atoms with Gasteiger partial charge in [-0.25, -0.2) is 0 Å². The van der Waals surface area contributed by atoms with Crippen molar-refractivity contribution in [2.24, 2.45) is 0 Å². The van der Waals surface area contributed by atoms with Gasteiger partial charge in [-0.3, -0.25) is 0 Å². The second kappa shape index (κ2) is 13.5. The van der Waals surface area contributed by atoms with E-state index >= 15 is 0 Å². The lowest BCUT2D eigenvalue weighted by molar-refractivity contribution is 0.111. The minimum atomic E-state index is 0.477. The molecule has 1 aromatic carbocycles. The van der Waals surface area contributed by atoms with E-state index in [0.717, 1.165) is 33.3 Å². The molecule has 1 rings (SSSR count). The third-order valence-electron chi connectivity index (χ3n) is 3.00. The Morgan fingerprint density at radius 1 is 0.708 bits per heavy atom. The van der Waals surface area contributed by atoms with Gasteiger partial charge in [-0.15, -0.1) is 0 Å². The topological polar surface area (TPSA) is 36.9 Å². The molecule has 0 aliphatic carbocycles. The van der Waals surface area contributed by atoms with Crippen LogP contribution in [0.4, 0.5) is 0 Å². The van der Waals surface area contributed by atoms with E-state index in [-0.39, 0.29) is 0 Å².